The third-order valence-corrected chi connectivity index (χ3v) is 3.06. The van der Waals surface area contributed by atoms with Crippen LogP contribution in [0.4, 0.5) is 0 Å². The molecular formula is C13H18N2O. The van der Waals surface area contributed by atoms with Gasteiger partial charge in [-0.15, -0.1) is 0 Å². The fourth-order valence-electron chi connectivity index (χ4n) is 1.85. The molecule has 1 aromatic heterocycles. The van der Waals surface area contributed by atoms with Crippen LogP contribution >= 0.6 is 0 Å². The van der Waals surface area contributed by atoms with E-state index in [2.05, 4.69) is 35.5 Å². The number of nitrogens with zero attached hydrogens (tertiary/aromatic N) is 2. The first-order valence-corrected chi connectivity index (χ1v) is 5.64. The molecule has 1 atom stereocenters. The standard InChI is InChI=1S/C13H18N2O/c1-9(7-16)6-15-8-14-12-4-10(2)11(3)5-13(12)15/h4-5,8-9,16H,6-7H2,1-3H3. The highest BCUT2D eigenvalue weighted by Crippen LogP contribution is 2.19. The van der Waals surface area contributed by atoms with Crippen molar-refractivity contribution in [2.24, 2.45) is 5.92 Å². The highest BCUT2D eigenvalue weighted by Gasteiger charge is 2.07. The quantitative estimate of drug-likeness (QED) is 0.858. The van der Waals surface area contributed by atoms with Crippen LogP contribution in [0.15, 0.2) is 18.5 Å². The number of benzene rings is 1. The molecule has 1 heterocycles. The van der Waals surface area contributed by atoms with E-state index in [1.807, 2.05) is 13.3 Å². The molecule has 0 radical (unpaired) electrons. The summed E-state index contributed by atoms with van der Waals surface area (Å²) in [5.74, 6) is 0.263. The van der Waals surface area contributed by atoms with Crippen molar-refractivity contribution >= 4 is 11.0 Å². The van der Waals surface area contributed by atoms with Gasteiger partial charge in [-0.3, -0.25) is 0 Å². The first-order chi connectivity index (χ1) is 7.61. The summed E-state index contributed by atoms with van der Waals surface area (Å²) >= 11 is 0. The number of hydrogen-bond donors (Lipinski definition) is 1. The molecule has 16 heavy (non-hydrogen) atoms. The summed E-state index contributed by atoms with van der Waals surface area (Å²) in [5.41, 5.74) is 4.75. The summed E-state index contributed by atoms with van der Waals surface area (Å²) in [6, 6.07) is 4.28. The van der Waals surface area contributed by atoms with Crippen LogP contribution < -0.4 is 0 Å². The number of aliphatic hydroxyl groups excluding tert-OH is 1. The Morgan fingerprint density at radius 2 is 2.00 bits per heavy atom. The molecule has 3 nitrogen and oxygen atoms in total. The summed E-state index contributed by atoms with van der Waals surface area (Å²) in [7, 11) is 0. The van der Waals surface area contributed by atoms with Crippen molar-refractivity contribution in [1.29, 1.82) is 0 Å². The van der Waals surface area contributed by atoms with Crippen molar-refractivity contribution in [2.75, 3.05) is 6.61 Å². The second kappa shape index (κ2) is 4.26. The van der Waals surface area contributed by atoms with Crippen molar-refractivity contribution < 1.29 is 5.11 Å². The maximum atomic E-state index is 9.07. The van der Waals surface area contributed by atoms with Crippen LogP contribution in [0.3, 0.4) is 0 Å². The zero-order valence-electron chi connectivity index (χ0n) is 10.1. The number of aryl methyl sites for hydroxylation is 2. The maximum Gasteiger partial charge on any atom is 0.0958 e. The molecule has 0 saturated carbocycles. The first-order valence-electron chi connectivity index (χ1n) is 5.64. The van der Waals surface area contributed by atoms with Gasteiger partial charge in [-0.05, 0) is 43.0 Å². The Kier molecular flexibility index (Phi) is 2.97. The molecule has 1 aromatic carbocycles. The molecule has 2 rings (SSSR count). The van der Waals surface area contributed by atoms with Gasteiger partial charge in [-0.2, -0.15) is 0 Å². The van der Waals surface area contributed by atoms with Gasteiger partial charge in [0.15, 0.2) is 0 Å². The summed E-state index contributed by atoms with van der Waals surface area (Å²) < 4.78 is 2.11. The zero-order chi connectivity index (χ0) is 11.7. The first kappa shape index (κ1) is 11.1. The van der Waals surface area contributed by atoms with E-state index in [1.54, 1.807) is 0 Å². The van der Waals surface area contributed by atoms with Crippen molar-refractivity contribution in [3.8, 4) is 0 Å². The van der Waals surface area contributed by atoms with E-state index in [4.69, 9.17) is 5.11 Å². The van der Waals surface area contributed by atoms with Crippen LogP contribution in [-0.4, -0.2) is 21.3 Å². The zero-order valence-corrected chi connectivity index (χ0v) is 10.1. The Balaban J connectivity index is 2.44. The maximum absolute atomic E-state index is 9.07. The molecule has 2 aromatic rings. The predicted octanol–water partition coefficient (Wildman–Crippen LogP) is 2.28. The Morgan fingerprint density at radius 3 is 2.69 bits per heavy atom. The van der Waals surface area contributed by atoms with Gasteiger partial charge < -0.3 is 9.67 Å². The molecule has 0 bridgehead atoms. The van der Waals surface area contributed by atoms with Gasteiger partial charge >= 0.3 is 0 Å². The van der Waals surface area contributed by atoms with Crippen LogP contribution in [-0.2, 0) is 6.54 Å². The number of rotatable bonds is 3. The minimum absolute atomic E-state index is 0.213. The molecule has 0 aliphatic rings. The third-order valence-electron chi connectivity index (χ3n) is 3.06. The van der Waals surface area contributed by atoms with Gasteiger partial charge in [0, 0.05) is 13.2 Å². The molecule has 0 amide bonds. The highest BCUT2D eigenvalue weighted by molar-refractivity contribution is 5.77. The summed E-state index contributed by atoms with van der Waals surface area (Å²) in [4.78, 5) is 4.39. The van der Waals surface area contributed by atoms with Crippen LogP contribution in [0.1, 0.15) is 18.1 Å². The van der Waals surface area contributed by atoms with E-state index in [9.17, 15) is 0 Å². The van der Waals surface area contributed by atoms with Gasteiger partial charge in [0.25, 0.3) is 0 Å². The molecule has 1 N–H and O–H groups in total. The molecule has 0 aliphatic heterocycles. The molecule has 86 valence electrons. The predicted molar refractivity (Wildman–Crippen MR) is 65.5 cm³/mol. The normalized spacial score (nSPS) is 13.2. The minimum Gasteiger partial charge on any atom is -0.396 e. The molecule has 0 spiro atoms. The highest BCUT2D eigenvalue weighted by atomic mass is 16.3. The Hall–Kier alpha value is -1.35. The van der Waals surface area contributed by atoms with Gasteiger partial charge in [0.2, 0.25) is 0 Å². The molecule has 1 unspecified atom stereocenters. The Labute approximate surface area is 95.7 Å². The minimum atomic E-state index is 0.213. The molecule has 0 fully saturated rings. The van der Waals surface area contributed by atoms with E-state index >= 15 is 0 Å². The number of fused-ring (bicyclic) bond motifs is 1. The Morgan fingerprint density at radius 1 is 1.31 bits per heavy atom. The van der Waals surface area contributed by atoms with Gasteiger partial charge in [0.05, 0.1) is 17.4 Å². The third kappa shape index (κ3) is 1.95. The van der Waals surface area contributed by atoms with E-state index in [0.717, 1.165) is 17.6 Å². The van der Waals surface area contributed by atoms with E-state index in [1.165, 1.54) is 11.1 Å². The number of hydrogen-bond acceptors (Lipinski definition) is 2. The molecule has 3 heteroatoms. The van der Waals surface area contributed by atoms with Gasteiger partial charge in [-0.25, -0.2) is 4.98 Å². The summed E-state index contributed by atoms with van der Waals surface area (Å²) in [6.07, 6.45) is 1.86. The smallest absolute Gasteiger partial charge is 0.0958 e. The lowest BCUT2D eigenvalue weighted by Gasteiger charge is -2.10. The van der Waals surface area contributed by atoms with E-state index in [0.29, 0.717) is 0 Å². The lowest BCUT2D eigenvalue weighted by Crippen LogP contribution is -2.10. The fraction of sp³-hybridized carbons (Fsp3) is 0.462. The van der Waals surface area contributed by atoms with Gasteiger partial charge in [0.1, 0.15) is 0 Å². The topological polar surface area (TPSA) is 38.0 Å². The average molecular weight is 218 g/mol. The van der Waals surface area contributed by atoms with Crippen LogP contribution in [0.2, 0.25) is 0 Å². The number of imidazole rings is 1. The van der Waals surface area contributed by atoms with E-state index in [-0.39, 0.29) is 12.5 Å². The lowest BCUT2D eigenvalue weighted by molar-refractivity contribution is 0.224. The molecule has 0 aliphatic carbocycles. The summed E-state index contributed by atoms with van der Waals surface area (Å²) in [6.45, 7) is 7.28. The average Bonchev–Trinajstić information content (AvgIpc) is 2.62. The lowest BCUT2D eigenvalue weighted by atomic mass is 10.1. The van der Waals surface area contributed by atoms with Crippen LogP contribution in [0.25, 0.3) is 11.0 Å². The van der Waals surface area contributed by atoms with Gasteiger partial charge in [-0.1, -0.05) is 6.92 Å². The van der Waals surface area contributed by atoms with Crippen molar-refractivity contribution in [3.05, 3.63) is 29.6 Å². The second-order valence-electron chi connectivity index (χ2n) is 4.61. The van der Waals surface area contributed by atoms with Crippen molar-refractivity contribution in [1.82, 2.24) is 9.55 Å². The number of aliphatic hydroxyl groups is 1. The van der Waals surface area contributed by atoms with E-state index < -0.39 is 0 Å². The summed E-state index contributed by atoms with van der Waals surface area (Å²) in [5, 5.41) is 9.07. The van der Waals surface area contributed by atoms with Crippen molar-refractivity contribution in [2.45, 2.75) is 27.3 Å². The fourth-order valence-corrected chi connectivity index (χ4v) is 1.85. The largest absolute Gasteiger partial charge is 0.396 e. The Bertz CT molecular complexity index is 502. The molecular weight excluding hydrogens is 200 g/mol. The molecule has 0 saturated heterocycles. The van der Waals surface area contributed by atoms with Crippen LogP contribution in [0, 0.1) is 19.8 Å². The second-order valence-corrected chi connectivity index (χ2v) is 4.61. The number of aromatic nitrogens is 2. The van der Waals surface area contributed by atoms with Crippen LogP contribution in [0.5, 0.6) is 0 Å². The monoisotopic (exact) mass is 218 g/mol. The SMILES string of the molecule is Cc1cc2ncn(CC(C)CO)c2cc1C. The van der Waals surface area contributed by atoms with Crippen molar-refractivity contribution in [3.63, 3.8) is 0 Å².